The molecule has 0 N–H and O–H groups in total. The van der Waals surface area contributed by atoms with E-state index in [-0.39, 0.29) is 11.3 Å². The zero-order chi connectivity index (χ0) is 25.6. The minimum Gasteiger partial charge on any atom is -0.342 e. The molecular formula is C30H52O4S. The molecule has 0 heterocycles. The van der Waals surface area contributed by atoms with Gasteiger partial charge in [-0.2, -0.15) is 8.42 Å². The quantitative estimate of drug-likeness (QED) is 0.109. The molecule has 0 radical (unpaired) electrons. The van der Waals surface area contributed by atoms with Crippen LogP contribution < -0.4 is 0 Å². The molecule has 35 heavy (non-hydrogen) atoms. The number of carbonyl (C=O) groups excluding carboxylic acids is 1. The molecule has 0 fully saturated rings. The lowest BCUT2D eigenvalue weighted by molar-refractivity contribution is -0.133. The maximum absolute atomic E-state index is 12.4. The van der Waals surface area contributed by atoms with Crippen LogP contribution in [0.15, 0.2) is 29.2 Å². The maximum Gasteiger partial charge on any atom is 0.341 e. The van der Waals surface area contributed by atoms with Crippen molar-refractivity contribution in [2.75, 3.05) is 0 Å². The molecule has 1 rings (SSSR count). The van der Waals surface area contributed by atoms with Gasteiger partial charge in [-0.1, -0.05) is 135 Å². The van der Waals surface area contributed by atoms with Crippen molar-refractivity contribution in [1.29, 1.82) is 0 Å². The van der Waals surface area contributed by atoms with E-state index in [0.717, 1.165) is 31.2 Å². The molecule has 0 saturated carbocycles. The van der Waals surface area contributed by atoms with Gasteiger partial charge in [-0.15, -0.1) is 0 Å². The second-order valence-electron chi connectivity index (χ2n) is 10.1. The van der Waals surface area contributed by atoms with Gasteiger partial charge in [-0.05, 0) is 37.0 Å². The Hall–Kier alpha value is -1.36. The van der Waals surface area contributed by atoms with Gasteiger partial charge in [-0.3, -0.25) is 4.79 Å². The molecule has 0 aromatic heterocycles. The van der Waals surface area contributed by atoms with Crippen molar-refractivity contribution in [3.8, 4) is 0 Å². The molecule has 0 aliphatic carbocycles. The van der Waals surface area contributed by atoms with Crippen molar-refractivity contribution in [2.45, 2.75) is 154 Å². The summed E-state index contributed by atoms with van der Waals surface area (Å²) in [5, 5.41) is 0. The van der Waals surface area contributed by atoms with Crippen LogP contribution in [0.3, 0.4) is 0 Å². The molecule has 0 aliphatic heterocycles. The Morgan fingerprint density at radius 2 is 1.00 bits per heavy atom. The maximum atomic E-state index is 12.4. The van der Waals surface area contributed by atoms with E-state index < -0.39 is 16.1 Å². The number of hydrogen-bond acceptors (Lipinski definition) is 4. The monoisotopic (exact) mass is 508 g/mol. The summed E-state index contributed by atoms with van der Waals surface area (Å²) < 4.78 is 29.7. The van der Waals surface area contributed by atoms with E-state index in [1.165, 1.54) is 96.3 Å². The zero-order valence-corrected chi connectivity index (χ0v) is 23.5. The van der Waals surface area contributed by atoms with Crippen molar-refractivity contribution >= 4 is 16.1 Å². The van der Waals surface area contributed by atoms with E-state index in [4.69, 9.17) is 4.18 Å². The molecule has 5 heteroatoms. The third-order valence-corrected chi connectivity index (χ3v) is 7.97. The van der Waals surface area contributed by atoms with E-state index in [2.05, 4.69) is 13.8 Å². The average Bonchev–Trinajstić information content (AvgIpc) is 2.84. The number of hydrogen-bond donors (Lipinski definition) is 0. The van der Waals surface area contributed by atoms with Crippen molar-refractivity contribution in [1.82, 2.24) is 0 Å². The van der Waals surface area contributed by atoms with Gasteiger partial charge < -0.3 is 4.18 Å². The van der Waals surface area contributed by atoms with Crippen molar-refractivity contribution in [3.63, 3.8) is 0 Å². The Morgan fingerprint density at radius 1 is 0.600 bits per heavy atom. The molecule has 0 bridgehead atoms. The van der Waals surface area contributed by atoms with Crippen LogP contribution in [0.5, 0.6) is 0 Å². The third-order valence-electron chi connectivity index (χ3n) is 6.72. The third kappa shape index (κ3) is 16.9. The highest BCUT2D eigenvalue weighted by atomic mass is 32.2. The molecule has 4 nitrogen and oxygen atoms in total. The molecule has 0 aliphatic rings. The highest BCUT2D eigenvalue weighted by Gasteiger charge is 2.19. The predicted octanol–water partition coefficient (Wildman–Crippen LogP) is 9.30. The van der Waals surface area contributed by atoms with Crippen molar-refractivity contribution < 1.29 is 17.4 Å². The second kappa shape index (κ2) is 20.8. The Labute approximate surface area is 216 Å². The van der Waals surface area contributed by atoms with Crippen molar-refractivity contribution in [3.05, 3.63) is 29.8 Å². The number of benzene rings is 1. The highest BCUT2D eigenvalue weighted by Crippen LogP contribution is 2.18. The fraction of sp³-hybridized carbons (Fsp3) is 0.767. The van der Waals surface area contributed by atoms with Crippen LogP contribution in [0.25, 0.3) is 0 Å². The standard InChI is InChI=1S/C30H52O4S/c1-3-5-7-9-11-13-15-16-18-20-22-28-24-26-29(27-25-28)35(32,33)34-30(31)23-21-19-17-14-12-10-8-6-4-2/h24-27H,3-23H2,1-2H3. The first-order valence-electron chi connectivity index (χ1n) is 14.6. The van der Waals surface area contributed by atoms with E-state index in [9.17, 15) is 13.2 Å². The SMILES string of the molecule is CCCCCCCCCCCCc1ccc(S(=O)(=O)OC(=O)CCCCCCCCCCC)cc1. The summed E-state index contributed by atoms with van der Waals surface area (Å²) in [5.74, 6) is -0.651. The van der Waals surface area contributed by atoms with Crippen LogP contribution in [0.2, 0.25) is 0 Å². The smallest absolute Gasteiger partial charge is 0.341 e. The average molecular weight is 509 g/mol. The Bertz CT molecular complexity index is 740. The normalized spacial score (nSPS) is 11.6. The molecule has 0 amide bonds. The highest BCUT2D eigenvalue weighted by molar-refractivity contribution is 7.87. The van der Waals surface area contributed by atoms with Gasteiger partial charge in [0.2, 0.25) is 0 Å². The van der Waals surface area contributed by atoms with Crippen LogP contribution in [0, 0.1) is 0 Å². The summed E-state index contributed by atoms with van der Waals surface area (Å²) in [5.41, 5.74) is 1.13. The minimum atomic E-state index is -4.03. The van der Waals surface area contributed by atoms with Gasteiger partial charge in [0, 0.05) is 6.42 Å². The van der Waals surface area contributed by atoms with Crippen LogP contribution in [0.4, 0.5) is 0 Å². The summed E-state index contributed by atoms with van der Waals surface area (Å²) in [7, 11) is -4.03. The first-order valence-corrected chi connectivity index (χ1v) is 16.0. The molecule has 0 unspecified atom stereocenters. The van der Waals surface area contributed by atoms with E-state index in [1.54, 1.807) is 12.1 Å². The Morgan fingerprint density at radius 3 is 1.46 bits per heavy atom. The fourth-order valence-electron chi connectivity index (χ4n) is 4.43. The van der Waals surface area contributed by atoms with E-state index in [0.29, 0.717) is 6.42 Å². The first kappa shape index (κ1) is 31.7. The summed E-state index contributed by atoms with van der Waals surface area (Å²) in [6, 6.07) is 6.81. The van der Waals surface area contributed by atoms with Gasteiger partial charge >= 0.3 is 16.1 Å². The zero-order valence-electron chi connectivity index (χ0n) is 22.7. The molecule has 0 saturated heterocycles. The second-order valence-corrected chi connectivity index (χ2v) is 11.6. The molecule has 202 valence electrons. The lowest BCUT2D eigenvalue weighted by atomic mass is 10.0. The summed E-state index contributed by atoms with van der Waals surface area (Å²) >= 11 is 0. The van der Waals surface area contributed by atoms with Crippen LogP contribution in [0.1, 0.15) is 148 Å². The topological polar surface area (TPSA) is 60.4 Å². The molecule has 0 atom stereocenters. The van der Waals surface area contributed by atoms with Crippen LogP contribution in [-0.4, -0.2) is 14.4 Å². The predicted molar refractivity (Wildman–Crippen MR) is 147 cm³/mol. The molecular weight excluding hydrogens is 456 g/mol. The molecule has 1 aromatic carbocycles. The van der Waals surface area contributed by atoms with Gasteiger partial charge in [0.1, 0.15) is 4.90 Å². The Kier molecular flexibility index (Phi) is 18.8. The molecule has 1 aromatic rings. The number of carbonyl (C=O) groups is 1. The molecule has 0 spiro atoms. The summed E-state index contributed by atoms with van der Waals surface area (Å²) in [6.07, 6.45) is 24.4. The fourth-order valence-corrected chi connectivity index (χ4v) is 5.33. The summed E-state index contributed by atoms with van der Waals surface area (Å²) in [6.45, 7) is 4.47. The lowest BCUT2D eigenvalue weighted by Gasteiger charge is -2.07. The number of aryl methyl sites for hydroxylation is 1. The van der Waals surface area contributed by atoms with E-state index in [1.807, 2.05) is 12.1 Å². The number of rotatable bonds is 23. The van der Waals surface area contributed by atoms with Gasteiger partial charge in [-0.25, -0.2) is 0 Å². The minimum absolute atomic E-state index is 0.0600. The Balaban J connectivity index is 2.17. The lowest BCUT2D eigenvalue weighted by Crippen LogP contribution is -2.13. The summed E-state index contributed by atoms with van der Waals surface area (Å²) in [4.78, 5) is 12.1. The van der Waals surface area contributed by atoms with E-state index >= 15 is 0 Å². The van der Waals surface area contributed by atoms with Gasteiger partial charge in [0.05, 0.1) is 0 Å². The van der Waals surface area contributed by atoms with Crippen LogP contribution in [-0.2, 0) is 25.5 Å². The van der Waals surface area contributed by atoms with Crippen LogP contribution >= 0.6 is 0 Å². The largest absolute Gasteiger partial charge is 0.342 e. The van der Waals surface area contributed by atoms with Crippen molar-refractivity contribution in [2.24, 2.45) is 0 Å². The van der Waals surface area contributed by atoms with Gasteiger partial charge in [0.25, 0.3) is 0 Å². The van der Waals surface area contributed by atoms with Gasteiger partial charge in [0.15, 0.2) is 0 Å². The number of unbranched alkanes of at least 4 members (excludes halogenated alkanes) is 17. The first-order chi connectivity index (χ1) is 17.0.